The zero-order chi connectivity index (χ0) is 15.0. The van der Waals surface area contributed by atoms with Gasteiger partial charge in [0, 0.05) is 29.4 Å². The Labute approximate surface area is 129 Å². The minimum atomic E-state index is 0.316. The van der Waals surface area contributed by atoms with Crippen LogP contribution in [0.4, 0.5) is 5.69 Å². The third-order valence-electron chi connectivity index (χ3n) is 3.61. The molecule has 21 heavy (non-hydrogen) atoms. The van der Waals surface area contributed by atoms with Crippen LogP contribution in [0.1, 0.15) is 19.9 Å². The van der Waals surface area contributed by atoms with Crippen LogP contribution in [0.25, 0.3) is 22.4 Å². The van der Waals surface area contributed by atoms with Crippen LogP contribution < -0.4 is 5.32 Å². The monoisotopic (exact) mass is 299 g/mol. The Bertz CT molecular complexity index is 790. The second-order valence-corrected chi connectivity index (χ2v) is 5.76. The van der Waals surface area contributed by atoms with Crippen molar-refractivity contribution in [2.24, 2.45) is 0 Å². The third-order valence-corrected chi connectivity index (χ3v) is 3.84. The minimum Gasteiger partial charge on any atom is -0.388 e. The molecule has 0 spiro atoms. The Kier molecular flexibility index (Phi) is 3.60. The highest BCUT2D eigenvalue weighted by Crippen LogP contribution is 2.33. The molecule has 4 heteroatoms. The summed E-state index contributed by atoms with van der Waals surface area (Å²) in [6.07, 6.45) is 0. The molecule has 0 saturated carbocycles. The number of hydrogen-bond donors (Lipinski definition) is 1. The lowest BCUT2D eigenvalue weighted by Gasteiger charge is -2.15. The van der Waals surface area contributed by atoms with Gasteiger partial charge in [0.05, 0.1) is 11.0 Å². The van der Waals surface area contributed by atoms with E-state index in [4.69, 9.17) is 16.6 Å². The van der Waals surface area contributed by atoms with Crippen LogP contribution in [0, 0.1) is 0 Å². The first kappa shape index (κ1) is 14.0. The van der Waals surface area contributed by atoms with Crippen LogP contribution in [0.15, 0.2) is 42.5 Å². The maximum absolute atomic E-state index is 6.10. The summed E-state index contributed by atoms with van der Waals surface area (Å²) >= 11 is 6.10. The van der Waals surface area contributed by atoms with E-state index in [1.165, 1.54) is 0 Å². The second kappa shape index (κ2) is 5.41. The van der Waals surface area contributed by atoms with Gasteiger partial charge in [0.1, 0.15) is 5.82 Å². The SMILES string of the molecule is CNc1ccccc1-c1nc2cc(Cl)ccc2n1C(C)C. The predicted octanol–water partition coefficient (Wildman–Crippen LogP) is 4.98. The highest BCUT2D eigenvalue weighted by atomic mass is 35.5. The van der Waals surface area contributed by atoms with Gasteiger partial charge in [0.15, 0.2) is 0 Å². The number of benzene rings is 2. The number of nitrogens with zero attached hydrogens (tertiary/aromatic N) is 2. The van der Waals surface area contributed by atoms with E-state index in [2.05, 4.69) is 35.9 Å². The van der Waals surface area contributed by atoms with Gasteiger partial charge in [0.25, 0.3) is 0 Å². The van der Waals surface area contributed by atoms with Gasteiger partial charge in [-0.15, -0.1) is 0 Å². The van der Waals surface area contributed by atoms with E-state index < -0.39 is 0 Å². The molecule has 0 unspecified atom stereocenters. The van der Waals surface area contributed by atoms with Gasteiger partial charge < -0.3 is 9.88 Å². The molecule has 0 aliphatic carbocycles. The molecule has 1 heterocycles. The number of aromatic nitrogens is 2. The zero-order valence-electron chi connectivity index (χ0n) is 12.4. The molecule has 0 radical (unpaired) electrons. The summed E-state index contributed by atoms with van der Waals surface area (Å²) in [6, 6.07) is 14.4. The molecule has 0 amide bonds. The number of imidazole rings is 1. The van der Waals surface area contributed by atoms with Gasteiger partial charge in [-0.3, -0.25) is 0 Å². The van der Waals surface area contributed by atoms with E-state index in [1.807, 2.05) is 37.4 Å². The Hall–Kier alpha value is -2.00. The third kappa shape index (κ3) is 2.38. The fraction of sp³-hybridized carbons (Fsp3) is 0.235. The standard InChI is InChI=1S/C17H18ClN3/c1-11(2)21-16-9-8-12(18)10-15(16)20-17(21)13-6-4-5-7-14(13)19-3/h4-11,19H,1-3H3. The Balaban J connectivity index is 2.33. The van der Waals surface area contributed by atoms with Crippen molar-refractivity contribution in [2.45, 2.75) is 19.9 Å². The zero-order valence-corrected chi connectivity index (χ0v) is 13.1. The van der Waals surface area contributed by atoms with Crippen LogP contribution in [0.2, 0.25) is 5.02 Å². The fourth-order valence-electron chi connectivity index (χ4n) is 2.68. The van der Waals surface area contributed by atoms with Crippen LogP contribution >= 0.6 is 11.6 Å². The van der Waals surface area contributed by atoms with Crippen molar-refractivity contribution in [2.75, 3.05) is 12.4 Å². The molecule has 3 aromatic rings. The molecule has 108 valence electrons. The Morgan fingerprint density at radius 1 is 1.14 bits per heavy atom. The van der Waals surface area contributed by atoms with Crippen molar-refractivity contribution in [3.63, 3.8) is 0 Å². The topological polar surface area (TPSA) is 29.9 Å². The number of hydrogen-bond acceptors (Lipinski definition) is 2. The van der Waals surface area contributed by atoms with Gasteiger partial charge in [-0.2, -0.15) is 0 Å². The van der Waals surface area contributed by atoms with Gasteiger partial charge in [-0.25, -0.2) is 4.98 Å². The number of para-hydroxylation sites is 1. The first-order valence-electron chi connectivity index (χ1n) is 7.06. The van der Waals surface area contributed by atoms with Crippen LogP contribution in [0.3, 0.4) is 0 Å². The molecular weight excluding hydrogens is 282 g/mol. The lowest BCUT2D eigenvalue weighted by molar-refractivity contribution is 0.624. The highest BCUT2D eigenvalue weighted by molar-refractivity contribution is 6.31. The van der Waals surface area contributed by atoms with Crippen molar-refractivity contribution >= 4 is 28.3 Å². The largest absolute Gasteiger partial charge is 0.388 e. The molecule has 1 aromatic heterocycles. The predicted molar refractivity (Wildman–Crippen MR) is 90.1 cm³/mol. The lowest BCUT2D eigenvalue weighted by Crippen LogP contribution is -2.04. The van der Waals surface area contributed by atoms with E-state index in [9.17, 15) is 0 Å². The normalized spacial score (nSPS) is 11.3. The van der Waals surface area contributed by atoms with Gasteiger partial charge in [0.2, 0.25) is 0 Å². The smallest absolute Gasteiger partial charge is 0.143 e. The Morgan fingerprint density at radius 3 is 2.62 bits per heavy atom. The number of anilines is 1. The summed E-state index contributed by atoms with van der Waals surface area (Å²) in [6.45, 7) is 4.34. The number of rotatable bonds is 3. The maximum atomic E-state index is 6.10. The molecule has 3 rings (SSSR count). The molecule has 0 fully saturated rings. The van der Waals surface area contributed by atoms with Crippen molar-refractivity contribution in [1.82, 2.24) is 9.55 Å². The molecule has 0 saturated heterocycles. The van der Waals surface area contributed by atoms with E-state index in [-0.39, 0.29) is 0 Å². The minimum absolute atomic E-state index is 0.316. The van der Waals surface area contributed by atoms with Crippen LogP contribution in [-0.2, 0) is 0 Å². The van der Waals surface area contributed by atoms with Crippen LogP contribution in [-0.4, -0.2) is 16.6 Å². The average molecular weight is 300 g/mol. The van der Waals surface area contributed by atoms with Gasteiger partial charge >= 0.3 is 0 Å². The van der Waals surface area contributed by atoms with E-state index in [1.54, 1.807) is 0 Å². The summed E-state index contributed by atoms with van der Waals surface area (Å²) in [7, 11) is 1.93. The van der Waals surface area contributed by atoms with E-state index in [0.29, 0.717) is 11.1 Å². The summed E-state index contributed by atoms with van der Waals surface area (Å²) < 4.78 is 2.25. The lowest BCUT2D eigenvalue weighted by atomic mass is 10.1. The van der Waals surface area contributed by atoms with Crippen molar-refractivity contribution in [3.8, 4) is 11.4 Å². The summed E-state index contributed by atoms with van der Waals surface area (Å²) in [5, 5.41) is 3.95. The molecule has 1 N–H and O–H groups in total. The van der Waals surface area contributed by atoms with E-state index >= 15 is 0 Å². The maximum Gasteiger partial charge on any atom is 0.143 e. The number of nitrogens with one attached hydrogen (secondary N) is 1. The molecule has 3 nitrogen and oxygen atoms in total. The summed E-state index contributed by atoms with van der Waals surface area (Å²) in [5.74, 6) is 0.965. The van der Waals surface area contributed by atoms with Gasteiger partial charge in [-0.1, -0.05) is 23.7 Å². The van der Waals surface area contributed by atoms with Crippen molar-refractivity contribution in [3.05, 3.63) is 47.5 Å². The van der Waals surface area contributed by atoms with Crippen LogP contribution in [0.5, 0.6) is 0 Å². The second-order valence-electron chi connectivity index (χ2n) is 5.33. The highest BCUT2D eigenvalue weighted by Gasteiger charge is 2.17. The molecule has 2 aromatic carbocycles. The van der Waals surface area contributed by atoms with Crippen molar-refractivity contribution < 1.29 is 0 Å². The molecular formula is C17H18ClN3. The molecule has 0 bridgehead atoms. The number of halogens is 1. The number of fused-ring (bicyclic) bond motifs is 1. The first-order chi connectivity index (χ1) is 10.1. The summed E-state index contributed by atoms with van der Waals surface area (Å²) in [5.41, 5.74) is 4.20. The fourth-order valence-corrected chi connectivity index (χ4v) is 2.85. The average Bonchev–Trinajstić information content (AvgIpc) is 2.85. The quantitative estimate of drug-likeness (QED) is 0.739. The molecule has 0 atom stereocenters. The molecule has 0 aliphatic rings. The van der Waals surface area contributed by atoms with Gasteiger partial charge in [-0.05, 0) is 44.2 Å². The first-order valence-corrected chi connectivity index (χ1v) is 7.44. The van der Waals surface area contributed by atoms with Crippen molar-refractivity contribution in [1.29, 1.82) is 0 Å². The summed E-state index contributed by atoms with van der Waals surface area (Å²) in [4.78, 5) is 4.81. The molecule has 0 aliphatic heterocycles. The van der Waals surface area contributed by atoms with E-state index in [0.717, 1.165) is 28.1 Å². The Morgan fingerprint density at radius 2 is 1.90 bits per heavy atom.